The molecule has 0 aliphatic carbocycles. The van der Waals surface area contributed by atoms with Crippen LogP contribution in [0.2, 0.25) is 0 Å². The lowest BCUT2D eigenvalue weighted by Gasteiger charge is -1.99. The van der Waals surface area contributed by atoms with E-state index in [9.17, 15) is 12.6 Å². The molecule has 18 heavy (non-hydrogen) atoms. The van der Waals surface area contributed by atoms with Gasteiger partial charge in [-0.2, -0.15) is 0 Å². The third-order valence-corrected chi connectivity index (χ3v) is 5.25. The lowest BCUT2D eigenvalue weighted by atomic mass is 10.2. The van der Waals surface area contributed by atoms with Gasteiger partial charge in [-0.25, -0.2) is 8.42 Å². The van der Waals surface area contributed by atoms with E-state index in [1.54, 1.807) is 24.3 Å². The molecule has 1 aromatic rings. The topological polar surface area (TPSA) is 75.6 Å². The molecule has 2 rings (SSSR count). The van der Waals surface area contributed by atoms with Crippen LogP contribution in [0, 0.1) is 0 Å². The van der Waals surface area contributed by atoms with E-state index >= 15 is 0 Å². The number of nitrogens with one attached hydrogen (secondary N) is 1. The molecule has 5 nitrogen and oxygen atoms in total. The molecule has 0 spiro atoms. The van der Waals surface area contributed by atoms with E-state index in [1.165, 1.54) is 0 Å². The smallest absolute Gasteiger partial charge is 0.263 e. The molecule has 1 N–H and O–H groups in total. The van der Waals surface area contributed by atoms with Crippen LogP contribution in [0.3, 0.4) is 0 Å². The van der Waals surface area contributed by atoms with Crippen LogP contribution in [0.4, 0.5) is 0 Å². The first kappa shape index (κ1) is 13.2. The van der Waals surface area contributed by atoms with Crippen LogP contribution in [-0.2, 0) is 20.8 Å². The molecule has 0 saturated carbocycles. The highest BCUT2D eigenvalue weighted by atomic mass is 32.2. The number of amidine groups is 1. The minimum Gasteiger partial charge on any atom is -0.266 e. The Balaban J connectivity index is 2.23. The van der Waals surface area contributed by atoms with Gasteiger partial charge in [-0.15, -0.1) is 0 Å². The third kappa shape index (κ3) is 2.62. The zero-order valence-corrected chi connectivity index (χ0v) is 11.6. The van der Waals surface area contributed by atoms with Crippen molar-refractivity contribution in [2.24, 2.45) is 4.99 Å². The number of hydrogen-bond acceptors (Lipinski definition) is 4. The molecule has 0 bridgehead atoms. The van der Waals surface area contributed by atoms with Gasteiger partial charge in [-0.1, -0.05) is 19.1 Å². The fourth-order valence-electron chi connectivity index (χ4n) is 1.65. The Hall–Kier alpha value is -1.21. The summed E-state index contributed by atoms with van der Waals surface area (Å²) in [7, 11) is -4.36. The summed E-state index contributed by atoms with van der Waals surface area (Å²) in [6.07, 6.45) is 0. The maximum Gasteiger partial charge on any atom is 0.263 e. The maximum absolute atomic E-state index is 11.8. The summed E-state index contributed by atoms with van der Waals surface area (Å²) in [5.41, 5.74) is 0.583. The van der Waals surface area contributed by atoms with Crippen molar-refractivity contribution >= 4 is 26.7 Å². The van der Waals surface area contributed by atoms with E-state index in [2.05, 4.69) is 9.71 Å². The Morgan fingerprint density at radius 1 is 1.33 bits per heavy atom. The highest BCUT2D eigenvalue weighted by molar-refractivity contribution is 7.90. The summed E-state index contributed by atoms with van der Waals surface area (Å²) in [4.78, 5) is 4.43. The summed E-state index contributed by atoms with van der Waals surface area (Å²) >= 11 is 0. The molecule has 1 aromatic carbocycles. The SMILES string of the molecule is CCS(=O)CCN=C1NS(=O)(=O)c2ccccc21. The van der Waals surface area contributed by atoms with Gasteiger partial charge in [-0.05, 0) is 12.1 Å². The van der Waals surface area contributed by atoms with Crippen molar-refractivity contribution < 1.29 is 12.6 Å². The van der Waals surface area contributed by atoms with Gasteiger partial charge in [0.25, 0.3) is 10.0 Å². The summed E-state index contributed by atoms with van der Waals surface area (Å²) in [5.74, 6) is 1.38. The second-order valence-corrected chi connectivity index (χ2v) is 7.28. The average Bonchev–Trinajstić information content (AvgIpc) is 2.62. The number of hydrogen-bond donors (Lipinski definition) is 1. The fourth-order valence-corrected chi connectivity index (χ4v) is 3.49. The molecule has 1 atom stereocenters. The monoisotopic (exact) mass is 286 g/mol. The summed E-state index contributed by atoms with van der Waals surface area (Å²) in [6.45, 7) is 2.20. The zero-order valence-electron chi connectivity index (χ0n) is 9.92. The van der Waals surface area contributed by atoms with E-state index in [0.29, 0.717) is 29.4 Å². The highest BCUT2D eigenvalue weighted by Gasteiger charge is 2.29. The standard InChI is InChI=1S/C11H14N2O3S2/c1-2-17(14)8-7-12-11-9-5-3-4-6-10(9)18(15,16)13-11/h3-6H,2,7-8H2,1H3,(H,12,13). The molecule has 0 radical (unpaired) electrons. The van der Waals surface area contributed by atoms with Gasteiger partial charge in [0.2, 0.25) is 0 Å². The van der Waals surface area contributed by atoms with E-state index < -0.39 is 20.8 Å². The summed E-state index contributed by atoms with van der Waals surface area (Å²) in [5, 5.41) is 0. The molecule has 7 heteroatoms. The number of nitrogens with zero attached hydrogens (tertiary/aromatic N) is 1. The van der Waals surface area contributed by atoms with Crippen LogP contribution >= 0.6 is 0 Å². The van der Waals surface area contributed by atoms with Crippen LogP contribution < -0.4 is 4.72 Å². The van der Waals surface area contributed by atoms with Crippen LogP contribution in [0.15, 0.2) is 34.2 Å². The first-order valence-electron chi connectivity index (χ1n) is 5.56. The third-order valence-electron chi connectivity index (χ3n) is 2.57. The average molecular weight is 286 g/mol. The largest absolute Gasteiger partial charge is 0.266 e. The Kier molecular flexibility index (Phi) is 3.82. The Morgan fingerprint density at radius 2 is 2.06 bits per heavy atom. The van der Waals surface area contributed by atoms with Crippen LogP contribution in [-0.4, -0.2) is 36.5 Å². The summed E-state index contributed by atoms with van der Waals surface area (Å²) in [6, 6.07) is 6.70. The fraction of sp³-hybridized carbons (Fsp3) is 0.364. The minimum absolute atomic E-state index is 0.250. The van der Waals surface area contributed by atoms with Gasteiger partial charge in [0, 0.05) is 27.9 Å². The summed E-state index contributed by atoms with van der Waals surface area (Å²) < 4.78 is 37.2. The quantitative estimate of drug-likeness (QED) is 0.875. The second-order valence-electron chi connectivity index (χ2n) is 3.76. The van der Waals surface area contributed by atoms with Gasteiger partial charge in [0.1, 0.15) is 5.84 Å². The van der Waals surface area contributed by atoms with Crippen LogP contribution in [0.5, 0.6) is 0 Å². The molecular weight excluding hydrogens is 272 g/mol. The number of sulfonamides is 1. The number of benzene rings is 1. The van der Waals surface area contributed by atoms with Crippen molar-refractivity contribution in [1.29, 1.82) is 0 Å². The number of rotatable bonds is 4. The molecule has 0 saturated heterocycles. The molecule has 1 unspecified atom stereocenters. The Labute approximate surface area is 109 Å². The van der Waals surface area contributed by atoms with Crippen molar-refractivity contribution in [2.75, 3.05) is 18.1 Å². The molecule has 1 heterocycles. The first-order valence-corrected chi connectivity index (χ1v) is 8.53. The number of fused-ring (bicyclic) bond motifs is 1. The molecule has 1 aliphatic heterocycles. The van der Waals surface area contributed by atoms with Gasteiger partial charge >= 0.3 is 0 Å². The number of aliphatic imine (C=N–C) groups is 1. The minimum atomic E-state index is -3.47. The predicted octanol–water partition coefficient (Wildman–Crippen LogP) is 0.494. The lowest BCUT2D eigenvalue weighted by Crippen LogP contribution is -2.22. The van der Waals surface area contributed by atoms with Gasteiger partial charge in [-0.3, -0.25) is 13.9 Å². The van der Waals surface area contributed by atoms with Gasteiger partial charge in [0.05, 0.1) is 11.4 Å². The Morgan fingerprint density at radius 3 is 2.78 bits per heavy atom. The lowest BCUT2D eigenvalue weighted by molar-refractivity contribution is 0.595. The molecule has 98 valence electrons. The van der Waals surface area contributed by atoms with Crippen molar-refractivity contribution in [2.45, 2.75) is 11.8 Å². The van der Waals surface area contributed by atoms with E-state index in [4.69, 9.17) is 0 Å². The van der Waals surface area contributed by atoms with Gasteiger partial charge < -0.3 is 0 Å². The van der Waals surface area contributed by atoms with Crippen LogP contribution in [0.1, 0.15) is 12.5 Å². The van der Waals surface area contributed by atoms with Crippen LogP contribution in [0.25, 0.3) is 0 Å². The van der Waals surface area contributed by atoms with Crippen molar-refractivity contribution in [3.63, 3.8) is 0 Å². The zero-order chi connectivity index (χ0) is 13.2. The van der Waals surface area contributed by atoms with E-state index in [0.717, 1.165) is 0 Å². The first-order chi connectivity index (χ1) is 8.54. The maximum atomic E-state index is 11.8. The molecule has 1 aliphatic rings. The second kappa shape index (κ2) is 5.19. The van der Waals surface area contributed by atoms with Crippen molar-refractivity contribution in [3.05, 3.63) is 29.8 Å². The van der Waals surface area contributed by atoms with E-state index in [1.807, 2.05) is 6.92 Å². The van der Waals surface area contributed by atoms with Crippen molar-refractivity contribution in [3.8, 4) is 0 Å². The normalized spacial score (nSPS) is 20.4. The predicted molar refractivity (Wildman–Crippen MR) is 71.7 cm³/mol. The highest BCUT2D eigenvalue weighted by Crippen LogP contribution is 2.21. The molecule has 0 amide bonds. The molecule has 0 fully saturated rings. The molecular formula is C11H14N2O3S2. The van der Waals surface area contributed by atoms with Crippen molar-refractivity contribution in [1.82, 2.24) is 4.72 Å². The molecule has 0 aromatic heterocycles. The van der Waals surface area contributed by atoms with E-state index in [-0.39, 0.29) is 4.90 Å². The Bertz CT molecular complexity index is 608. The van der Waals surface area contributed by atoms with Gasteiger partial charge in [0.15, 0.2) is 0 Å².